The Bertz CT molecular complexity index is 395. The monoisotopic (exact) mass is 260 g/mol. The van der Waals surface area contributed by atoms with E-state index < -0.39 is 0 Å². The maximum atomic E-state index is 11.7. The molecule has 1 atom stereocenters. The summed E-state index contributed by atoms with van der Waals surface area (Å²) in [5.74, 6) is -0.302. The van der Waals surface area contributed by atoms with E-state index in [1.807, 2.05) is 30.3 Å². The summed E-state index contributed by atoms with van der Waals surface area (Å²) in [4.78, 5) is 11.7. The predicted molar refractivity (Wildman–Crippen MR) is 78.8 cm³/mol. The number of unbranched alkanes of at least 4 members (excludes halogenated alkanes) is 3. The number of carbonyl (C=O) groups is 1. The highest BCUT2D eigenvalue weighted by molar-refractivity contribution is 5.87. The lowest BCUT2D eigenvalue weighted by Crippen LogP contribution is -2.12. The molecule has 0 aromatic heterocycles. The summed E-state index contributed by atoms with van der Waals surface area (Å²) >= 11 is 0. The lowest BCUT2D eigenvalue weighted by molar-refractivity contribution is -0.145. The molecule has 1 rings (SSSR count). The first kappa shape index (κ1) is 15.5. The number of hydrogen-bond donors (Lipinski definition) is 0. The number of esters is 1. The average Bonchev–Trinajstić information content (AvgIpc) is 2.42. The van der Waals surface area contributed by atoms with Crippen molar-refractivity contribution in [1.82, 2.24) is 0 Å². The molecule has 0 aliphatic rings. The highest BCUT2D eigenvalue weighted by Crippen LogP contribution is 2.25. The van der Waals surface area contributed by atoms with Crippen molar-refractivity contribution in [2.24, 2.45) is 0 Å². The molecule has 0 aliphatic heterocycles. The van der Waals surface area contributed by atoms with E-state index in [0.29, 0.717) is 5.57 Å². The summed E-state index contributed by atoms with van der Waals surface area (Å²) < 4.78 is 5.54. The summed E-state index contributed by atoms with van der Waals surface area (Å²) in [5.41, 5.74) is 1.52. The number of ether oxygens (including phenoxy) is 1. The van der Waals surface area contributed by atoms with Gasteiger partial charge in [0.2, 0.25) is 0 Å². The third kappa shape index (κ3) is 5.73. The third-order valence-electron chi connectivity index (χ3n) is 3.09. The minimum absolute atomic E-state index is 0.151. The molecule has 2 heteroatoms. The molecule has 1 aromatic rings. The van der Waals surface area contributed by atoms with Gasteiger partial charge in [-0.2, -0.15) is 0 Å². The van der Waals surface area contributed by atoms with Crippen LogP contribution in [0.4, 0.5) is 0 Å². The lowest BCUT2D eigenvalue weighted by Gasteiger charge is -2.18. The highest BCUT2D eigenvalue weighted by atomic mass is 16.5. The molecular formula is C17H24O2. The number of benzene rings is 1. The van der Waals surface area contributed by atoms with E-state index in [1.54, 1.807) is 6.92 Å². The maximum Gasteiger partial charge on any atom is 0.333 e. The molecule has 1 unspecified atom stereocenters. The zero-order chi connectivity index (χ0) is 14.1. The molecule has 0 fully saturated rings. The van der Waals surface area contributed by atoms with Crippen molar-refractivity contribution in [2.45, 2.75) is 52.1 Å². The van der Waals surface area contributed by atoms with E-state index >= 15 is 0 Å². The Kier molecular flexibility index (Phi) is 6.94. The molecule has 0 heterocycles. The van der Waals surface area contributed by atoms with E-state index in [1.165, 1.54) is 19.3 Å². The van der Waals surface area contributed by atoms with E-state index in [2.05, 4.69) is 13.5 Å². The van der Waals surface area contributed by atoms with E-state index in [0.717, 1.165) is 18.4 Å². The molecule has 0 saturated heterocycles. The predicted octanol–water partition coefficient (Wildman–Crippen LogP) is 4.82. The van der Waals surface area contributed by atoms with E-state index in [-0.39, 0.29) is 12.1 Å². The van der Waals surface area contributed by atoms with Crippen molar-refractivity contribution >= 4 is 5.97 Å². The quantitative estimate of drug-likeness (QED) is 0.380. The van der Waals surface area contributed by atoms with Crippen LogP contribution in [0, 0.1) is 0 Å². The van der Waals surface area contributed by atoms with Crippen molar-refractivity contribution in [3.05, 3.63) is 48.0 Å². The van der Waals surface area contributed by atoms with Gasteiger partial charge < -0.3 is 4.74 Å². The summed E-state index contributed by atoms with van der Waals surface area (Å²) in [6.07, 6.45) is 5.43. The van der Waals surface area contributed by atoms with Crippen LogP contribution in [0.15, 0.2) is 42.5 Å². The van der Waals surface area contributed by atoms with Gasteiger partial charge in [-0.25, -0.2) is 4.79 Å². The molecule has 1 aromatic carbocycles. The van der Waals surface area contributed by atoms with Crippen LogP contribution < -0.4 is 0 Å². The van der Waals surface area contributed by atoms with Gasteiger partial charge in [-0.15, -0.1) is 0 Å². The van der Waals surface area contributed by atoms with Crippen molar-refractivity contribution in [3.63, 3.8) is 0 Å². The van der Waals surface area contributed by atoms with Crippen LogP contribution in [0.3, 0.4) is 0 Å². The van der Waals surface area contributed by atoms with E-state index in [9.17, 15) is 4.79 Å². The third-order valence-corrected chi connectivity index (χ3v) is 3.09. The van der Waals surface area contributed by atoms with Gasteiger partial charge in [-0.05, 0) is 25.3 Å². The minimum atomic E-state index is -0.302. The van der Waals surface area contributed by atoms with Gasteiger partial charge >= 0.3 is 5.97 Å². The SMILES string of the molecule is C=C(C)C(=O)OC(CCCCCC)c1ccccc1. The molecule has 0 N–H and O–H groups in total. The second kappa shape index (κ2) is 8.52. The Hall–Kier alpha value is -1.57. The molecule has 0 bridgehead atoms. The Balaban J connectivity index is 2.63. The Morgan fingerprint density at radius 1 is 1.21 bits per heavy atom. The summed E-state index contributed by atoms with van der Waals surface area (Å²) in [5, 5.41) is 0. The van der Waals surface area contributed by atoms with Gasteiger partial charge in [0.25, 0.3) is 0 Å². The number of rotatable bonds is 8. The van der Waals surface area contributed by atoms with Crippen molar-refractivity contribution in [1.29, 1.82) is 0 Å². The summed E-state index contributed by atoms with van der Waals surface area (Å²) in [6, 6.07) is 9.94. The largest absolute Gasteiger partial charge is 0.454 e. The first-order valence-electron chi connectivity index (χ1n) is 7.06. The molecular weight excluding hydrogens is 236 g/mol. The van der Waals surface area contributed by atoms with Crippen LogP contribution in [0.1, 0.15) is 57.6 Å². The molecule has 0 saturated carbocycles. The Labute approximate surface area is 116 Å². The van der Waals surface area contributed by atoms with Gasteiger partial charge in [0.1, 0.15) is 6.10 Å². The zero-order valence-corrected chi connectivity index (χ0v) is 12.0. The number of carbonyl (C=O) groups excluding carboxylic acids is 1. The van der Waals surface area contributed by atoms with Crippen LogP contribution >= 0.6 is 0 Å². The molecule has 104 valence electrons. The van der Waals surface area contributed by atoms with Crippen molar-refractivity contribution in [3.8, 4) is 0 Å². The highest BCUT2D eigenvalue weighted by Gasteiger charge is 2.16. The molecule has 0 amide bonds. The normalized spacial score (nSPS) is 11.9. The molecule has 19 heavy (non-hydrogen) atoms. The van der Waals surface area contributed by atoms with Gasteiger partial charge in [-0.1, -0.05) is 63.1 Å². The van der Waals surface area contributed by atoms with E-state index in [4.69, 9.17) is 4.74 Å². The average molecular weight is 260 g/mol. The lowest BCUT2D eigenvalue weighted by atomic mass is 10.0. The van der Waals surface area contributed by atoms with Crippen LogP contribution in [-0.4, -0.2) is 5.97 Å². The van der Waals surface area contributed by atoms with Gasteiger partial charge in [0.15, 0.2) is 0 Å². The van der Waals surface area contributed by atoms with Crippen LogP contribution in [-0.2, 0) is 9.53 Å². The fraction of sp³-hybridized carbons (Fsp3) is 0.471. The first-order valence-corrected chi connectivity index (χ1v) is 7.06. The standard InChI is InChI=1S/C17H24O2/c1-4-5-6-10-13-16(19-17(18)14(2)3)15-11-8-7-9-12-15/h7-9,11-12,16H,2,4-6,10,13H2,1,3H3. The molecule has 2 nitrogen and oxygen atoms in total. The van der Waals surface area contributed by atoms with Gasteiger partial charge in [0, 0.05) is 5.57 Å². The van der Waals surface area contributed by atoms with Crippen molar-refractivity contribution in [2.75, 3.05) is 0 Å². The van der Waals surface area contributed by atoms with Crippen molar-refractivity contribution < 1.29 is 9.53 Å². The summed E-state index contributed by atoms with van der Waals surface area (Å²) in [7, 11) is 0. The molecule has 0 spiro atoms. The van der Waals surface area contributed by atoms with Crippen LogP contribution in [0.25, 0.3) is 0 Å². The second-order valence-electron chi connectivity index (χ2n) is 4.93. The zero-order valence-electron chi connectivity index (χ0n) is 12.0. The fourth-order valence-electron chi connectivity index (χ4n) is 1.95. The Morgan fingerprint density at radius 2 is 1.89 bits per heavy atom. The molecule has 0 aliphatic carbocycles. The second-order valence-corrected chi connectivity index (χ2v) is 4.93. The van der Waals surface area contributed by atoms with Gasteiger partial charge in [-0.3, -0.25) is 0 Å². The summed E-state index contributed by atoms with van der Waals surface area (Å²) in [6.45, 7) is 7.51. The first-order chi connectivity index (χ1) is 9.15. The Morgan fingerprint density at radius 3 is 2.47 bits per heavy atom. The topological polar surface area (TPSA) is 26.3 Å². The minimum Gasteiger partial charge on any atom is -0.454 e. The van der Waals surface area contributed by atoms with Crippen LogP contribution in [0.5, 0.6) is 0 Å². The molecule has 0 radical (unpaired) electrons. The number of hydrogen-bond acceptors (Lipinski definition) is 2. The fourth-order valence-corrected chi connectivity index (χ4v) is 1.95. The van der Waals surface area contributed by atoms with Gasteiger partial charge in [0.05, 0.1) is 0 Å². The smallest absolute Gasteiger partial charge is 0.333 e. The maximum absolute atomic E-state index is 11.7. The van der Waals surface area contributed by atoms with Crippen LogP contribution in [0.2, 0.25) is 0 Å².